The largest absolute Gasteiger partial charge is 0.351 e. The van der Waals surface area contributed by atoms with E-state index in [4.69, 9.17) is 0 Å². The SMILES string of the molecule is CN(CC(=O)Nc1nc(-c2ccc(F)c(F)c2)cs1)CC(=O)NC1CCS(=O)(=O)C1. The molecule has 1 unspecified atom stereocenters. The molecular weight excluding hydrogens is 438 g/mol. The maximum absolute atomic E-state index is 13.4. The number of thiazole rings is 1. The van der Waals surface area contributed by atoms with Gasteiger partial charge in [-0.15, -0.1) is 11.3 Å². The minimum Gasteiger partial charge on any atom is -0.351 e. The Morgan fingerprint density at radius 2 is 1.97 bits per heavy atom. The molecule has 3 rings (SSSR count). The van der Waals surface area contributed by atoms with Crippen molar-refractivity contribution < 1.29 is 26.8 Å². The number of nitrogens with zero attached hydrogens (tertiary/aromatic N) is 2. The van der Waals surface area contributed by atoms with E-state index in [1.807, 2.05) is 0 Å². The number of rotatable bonds is 7. The number of carbonyl (C=O) groups is 2. The van der Waals surface area contributed by atoms with Gasteiger partial charge in [0, 0.05) is 17.0 Å². The fourth-order valence-electron chi connectivity index (χ4n) is 3.01. The summed E-state index contributed by atoms with van der Waals surface area (Å²) in [5.74, 6) is -2.70. The number of carbonyl (C=O) groups excluding carboxylic acids is 2. The first-order chi connectivity index (χ1) is 14.1. The van der Waals surface area contributed by atoms with E-state index >= 15 is 0 Å². The van der Waals surface area contributed by atoms with Crippen LogP contribution >= 0.6 is 11.3 Å². The van der Waals surface area contributed by atoms with E-state index in [9.17, 15) is 26.8 Å². The first kappa shape index (κ1) is 22.2. The fraction of sp³-hybridized carbons (Fsp3) is 0.389. The number of hydrogen-bond acceptors (Lipinski definition) is 7. The van der Waals surface area contributed by atoms with E-state index in [0.29, 0.717) is 17.7 Å². The quantitative estimate of drug-likeness (QED) is 0.647. The third kappa shape index (κ3) is 6.03. The average molecular weight is 459 g/mol. The van der Waals surface area contributed by atoms with Crippen LogP contribution in [0.25, 0.3) is 11.3 Å². The van der Waals surface area contributed by atoms with Gasteiger partial charge in [0.2, 0.25) is 11.8 Å². The van der Waals surface area contributed by atoms with E-state index in [2.05, 4.69) is 15.6 Å². The lowest BCUT2D eigenvalue weighted by Gasteiger charge is -2.17. The monoisotopic (exact) mass is 458 g/mol. The topological polar surface area (TPSA) is 108 Å². The molecule has 2 heterocycles. The van der Waals surface area contributed by atoms with E-state index < -0.39 is 33.4 Å². The Morgan fingerprint density at radius 1 is 1.23 bits per heavy atom. The molecule has 1 aromatic heterocycles. The molecule has 8 nitrogen and oxygen atoms in total. The van der Waals surface area contributed by atoms with Crippen LogP contribution in [-0.4, -0.2) is 67.8 Å². The molecule has 1 fully saturated rings. The number of hydrogen-bond donors (Lipinski definition) is 2. The maximum Gasteiger partial charge on any atom is 0.240 e. The van der Waals surface area contributed by atoms with Crippen LogP contribution in [0.15, 0.2) is 23.6 Å². The number of halogens is 2. The molecular formula is C18H20F2N4O4S2. The van der Waals surface area contributed by atoms with Gasteiger partial charge < -0.3 is 10.6 Å². The number of benzene rings is 1. The highest BCUT2D eigenvalue weighted by atomic mass is 32.2. The highest BCUT2D eigenvalue weighted by Crippen LogP contribution is 2.26. The Balaban J connectivity index is 1.47. The zero-order valence-corrected chi connectivity index (χ0v) is 17.7. The van der Waals surface area contributed by atoms with Gasteiger partial charge in [0.05, 0.1) is 30.3 Å². The summed E-state index contributed by atoms with van der Waals surface area (Å²) in [6.07, 6.45) is 0.391. The molecule has 0 radical (unpaired) electrons. The molecule has 0 bridgehead atoms. The Bertz CT molecular complexity index is 1060. The first-order valence-corrected chi connectivity index (χ1v) is 11.7. The smallest absolute Gasteiger partial charge is 0.240 e. The van der Waals surface area contributed by atoms with Crippen molar-refractivity contribution in [2.45, 2.75) is 12.5 Å². The number of likely N-dealkylation sites (N-methyl/N-ethyl adjacent to an activating group) is 1. The molecule has 162 valence electrons. The summed E-state index contributed by atoms with van der Waals surface area (Å²) in [7, 11) is -1.50. The summed E-state index contributed by atoms with van der Waals surface area (Å²) in [4.78, 5) is 29.9. The minimum atomic E-state index is -3.08. The van der Waals surface area contributed by atoms with Crippen molar-refractivity contribution >= 4 is 38.1 Å². The van der Waals surface area contributed by atoms with Crippen molar-refractivity contribution in [3.8, 4) is 11.3 Å². The number of amides is 2. The average Bonchev–Trinajstić information content (AvgIpc) is 3.23. The van der Waals surface area contributed by atoms with Crippen LogP contribution in [0.5, 0.6) is 0 Å². The molecule has 1 aromatic carbocycles. The summed E-state index contributed by atoms with van der Waals surface area (Å²) < 4.78 is 49.3. The minimum absolute atomic E-state index is 0.0622. The second-order valence-electron chi connectivity index (χ2n) is 7.05. The van der Waals surface area contributed by atoms with Crippen LogP contribution in [0.3, 0.4) is 0 Å². The van der Waals surface area contributed by atoms with E-state index in [-0.39, 0.29) is 35.6 Å². The molecule has 30 heavy (non-hydrogen) atoms. The molecule has 1 atom stereocenters. The molecule has 0 spiro atoms. The zero-order chi connectivity index (χ0) is 21.9. The van der Waals surface area contributed by atoms with Gasteiger partial charge in [-0.25, -0.2) is 22.2 Å². The molecule has 0 aliphatic carbocycles. The number of nitrogens with one attached hydrogen (secondary N) is 2. The predicted molar refractivity (Wildman–Crippen MR) is 109 cm³/mol. The summed E-state index contributed by atoms with van der Waals surface area (Å²) >= 11 is 1.13. The lowest BCUT2D eigenvalue weighted by atomic mass is 10.2. The highest BCUT2D eigenvalue weighted by Gasteiger charge is 2.29. The van der Waals surface area contributed by atoms with Crippen LogP contribution < -0.4 is 10.6 Å². The summed E-state index contributed by atoms with van der Waals surface area (Å²) in [6.45, 7) is -0.154. The van der Waals surface area contributed by atoms with Gasteiger partial charge in [-0.05, 0) is 31.7 Å². The zero-order valence-electron chi connectivity index (χ0n) is 16.0. The lowest BCUT2D eigenvalue weighted by molar-refractivity contribution is -0.123. The third-order valence-electron chi connectivity index (χ3n) is 4.39. The van der Waals surface area contributed by atoms with Gasteiger partial charge >= 0.3 is 0 Å². The van der Waals surface area contributed by atoms with E-state index in [1.54, 1.807) is 12.4 Å². The Morgan fingerprint density at radius 3 is 2.63 bits per heavy atom. The summed E-state index contributed by atoms with van der Waals surface area (Å²) in [5, 5.41) is 7.15. The van der Waals surface area contributed by atoms with Crippen LogP contribution in [0.4, 0.5) is 13.9 Å². The van der Waals surface area contributed by atoms with E-state index in [0.717, 1.165) is 23.5 Å². The number of anilines is 1. The van der Waals surface area contributed by atoms with Crippen molar-refractivity contribution in [2.75, 3.05) is 37.0 Å². The van der Waals surface area contributed by atoms with Crippen molar-refractivity contribution in [3.63, 3.8) is 0 Å². The second kappa shape index (κ2) is 9.14. The first-order valence-electron chi connectivity index (χ1n) is 9.00. The van der Waals surface area contributed by atoms with Gasteiger partial charge in [0.15, 0.2) is 26.6 Å². The van der Waals surface area contributed by atoms with Gasteiger partial charge in [-0.3, -0.25) is 14.5 Å². The standard InChI is InChI=1S/C18H20F2N4O4S2/c1-24(7-16(25)21-12-4-5-30(27,28)10-12)8-17(26)23-18-22-15(9-29-18)11-2-3-13(19)14(20)6-11/h2-3,6,9,12H,4-5,7-8,10H2,1H3,(H,21,25)(H,22,23,26). The molecule has 1 aliphatic heterocycles. The van der Waals surface area contributed by atoms with E-state index in [1.165, 1.54) is 11.0 Å². The molecule has 2 amide bonds. The van der Waals surface area contributed by atoms with Crippen LogP contribution in [0.1, 0.15) is 6.42 Å². The Hall–Kier alpha value is -2.44. The van der Waals surface area contributed by atoms with Crippen molar-refractivity contribution in [2.24, 2.45) is 0 Å². The Kier molecular flexibility index (Phi) is 6.78. The third-order valence-corrected chi connectivity index (χ3v) is 6.92. The number of sulfone groups is 1. The van der Waals surface area contributed by atoms with Crippen LogP contribution in [-0.2, 0) is 19.4 Å². The fourth-order valence-corrected chi connectivity index (χ4v) is 5.42. The Labute approximate surface area is 176 Å². The van der Waals surface area contributed by atoms with Crippen LogP contribution in [0, 0.1) is 11.6 Å². The molecule has 2 aromatic rings. The molecule has 1 saturated heterocycles. The van der Waals surface area contributed by atoms with Crippen molar-refractivity contribution in [3.05, 3.63) is 35.2 Å². The number of aromatic nitrogens is 1. The highest BCUT2D eigenvalue weighted by molar-refractivity contribution is 7.91. The van der Waals surface area contributed by atoms with Crippen LogP contribution in [0.2, 0.25) is 0 Å². The maximum atomic E-state index is 13.4. The molecule has 2 N–H and O–H groups in total. The lowest BCUT2D eigenvalue weighted by Crippen LogP contribution is -2.43. The van der Waals surface area contributed by atoms with Gasteiger partial charge in [0.1, 0.15) is 0 Å². The second-order valence-corrected chi connectivity index (χ2v) is 10.1. The molecule has 12 heteroatoms. The van der Waals surface area contributed by atoms with Crippen molar-refractivity contribution in [1.29, 1.82) is 0 Å². The van der Waals surface area contributed by atoms with Gasteiger partial charge in [-0.2, -0.15) is 0 Å². The van der Waals surface area contributed by atoms with Crippen molar-refractivity contribution in [1.82, 2.24) is 15.2 Å². The van der Waals surface area contributed by atoms with Gasteiger partial charge in [0.25, 0.3) is 0 Å². The summed E-state index contributed by atoms with van der Waals surface area (Å²) in [6, 6.07) is 3.03. The van der Waals surface area contributed by atoms with Gasteiger partial charge in [-0.1, -0.05) is 0 Å². The normalized spacial score (nSPS) is 17.8. The predicted octanol–water partition coefficient (Wildman–Crippen LogP) is 1.26. The summed E-state index contributed by atoms with van der Waals surface area (Å²) in [5.41, 5.74) is 0.779. The molecule has 0 saturated carbocycles. The molecule has 1 aliphatic rings.